The van der Waals surface area contributed by atoms with Crippen molar-refractivity contribution in [3.63, 3.8) is 0 Å². The van der Waals surface area contributed by atoms with Gasteiger partial charge >= 0.3 is 0 Å². The second-order valence-electron chi connectivity index (χ2n) is 3.81. The van der Waals surface area contributed by atoms with Crippen LogP contribution >= 0.6 is 15.9 Å². The van der Waals surface area contributed by atoms with E-state index in [1.807, 2.05) is 31.2 Å². The van der Waals surface area contributed by atoms with Crippen LogP contribution in [0.5, 0.6) is 0 Å². The molecule has 0 bridgehead atoms. The Hall–Kier alpha value is -1.69. The van der Waals surface area contributed by atoms with E-state index in [0.717, 1.165) is 17.1 Å². The van der Waals surface area contributed by atoms with Gasteiger partial charge in [0.1, 0.15) is 5.82 Å². The van der Waals surface area contributed by atoms with Crippen LogP contribution in [0.1, 0.15) is 12.2 Å². The Morgan fingerprint density at radius 1 is 1.50 bits per heavy atom. The number of aromatic nitrogens is 3. The van der Waals surface area contributed by atoms with Gasteiger partial charge in [-0.2, -0.15) is 5.10 Å². The number of amides is 1. The van der Waals surface area contributed by atoms with Crippen molar-refractivity contribution in [1.29, 1.82) is 0 Å². The normalized spacial score (nSPS) is 10.3. The third kappa shape index (κ3) is 3.16. The van der Waals surface area contributed by atoms with Gasteiger partial charge in [0.25, 0.3) is 0 Å². The largest absolute Gasteiger partial charge is 0.326 e. The summed E-state index contributed by atoms with van der Waals surface area (Å²) in [7, 11) is 0. The maximum atomic E-state index is 11.5. The van der Waals surface area contributed by atoms with Crippen LogP contribution in [0, 0.1) is 6.92 Å². The lowest BCUT2D eigenvalue weighted by atomic mass is 10.2. The molecular weight excluding hydrogens is 296 g/mol. The number of nitrogens with one attached hydrogen (secondary N) is 2. The van der Waals surface area contributed by atoms with Gasteiger partial charge < -0.3 is 5.32 Å². The van der Waals surface area contributed by atoms with Crippen LogP contribution in [0.2, 0.25) is 0 Å². The molecule has 1 amide bonds. The maximum absolute atomic E-state index is 11.5. The number of aromatic amines is 1. The zero-order valence-electron chi connectivity index (χ0n) is 9.90. The minimum absolute atomic E-state index is 0.0183. The molecule has 2 aromatic rings. The van der Waals surface area contributed by atoms with Gasteiger partial charge in [0.2, 0.25) is 5.91 Å². The Labute approximate surface area is 113 Å². The monoisotopic (exact) mass is 308 g/mol. The van der Waals surface area contributed by atoms with Gasteiger partial charge in [0.05, 0.1) is 0 Å². The van der Waals surface area contributed by atoms with Gasteiger partial charge in [-0.1, -0.05) is 28.1 Å². The third-order valence-electron chi connectivity index (χ3n) is 2.32. The maximum Gasteiger partial charge on any atom is 0.225 e. The van der Waals surface area contributed by atoms with Crippen molar-refractivity contribution in [2.75, 3.05) is 10.6 Å². The number of alkyl halides is 1. The van der Waals surface area contributed by atoms with Crippen molar-refractivity contribution in [2.45, 2.75) is 13.3 Å². The Morgan fingerprint density at radius 3 is 3.00 bits per heavy atom. The van der Waals surface area contributed by atoms with E-state index in [1.54, 1.807) is 0 Å². The molecule has 18 heavy (non-hydrogen) atoms. The number of benzene rings is 1. The second-order valence-corrected chi connectivity index (χ2v) is 4.61. The first kappa shape index (κ1) is 12.8. The molecule has 0 saturated carbocycles. The summed E-state index contributed by atoms with van der Waals surface area (Å²) in [4.78, 5) is 15.7. The lowest BCUT2D eigenvalue weighted by molar-refractivity contribution is -0.115. The van der Waals surface area contributed by atoms with Crippen LogP contribution in [-0.4, -0.2) is 26.4 Å². The van der Waals surface area contributed by atoms with Crippen molar-refractivity contribution in [2.24, 2.45) is 0 Å². The number of carbonyl (C=O) groups is 1. The molecule has 1 aromatic heterocycles. The van der Waals surface area contributed by atoms with E-state index in [0.29, 0.717) is 17.6 Å². The molecule has 0 aliphatic rings. The number of halogens is 1. The summed E-state index contributed by atoms with van der Waals surface area (Å²) in [5, 5.41) is 10.4. The summed E-state index contributed by atoms with van der Waals surface area (Å²) >= 11 is 3.23. The number of hydrogen-bond donors (Lipinski definition) is 2. The SMILES string of the molecule is Cc1nc(-c2cccc(NC(=O)CCBr)c2)n[nH]1. The molecule has 0 fully saturated rings. The number of anilines is 1. The predicted molar refractivity (Wildman–Crippen MR) is 73.6 cm³/mol. The number of H-pyrrole nitrogens is 1. The van der Waals surface area contributed by atoms with Crippen LogP contribution in [0.3, 0.4) is 0 Å². The number of aryl methyl sites for hydroxylation is 1. The summed E-state index contributed by atoms with van der Waals surface area (Å²) in [6.07, 6.45) is 0.448. The molecule has 2 N–H and O–H groups in total. The van der Waals surface area contributed by atoms with Gasteiger partial charge in [-0.25, -0.2) is 4.98 Å². The lowest BCUT2D eigenvalue weighted by Crippen LogP contribution is -2.11. The van der Waals surface area contributed by atoms with Crippen LogP contribution in [0.25, 0.3) is 11.4 Å². The topological polar surface area (TPSA) is 70.7 Å². The second kappa shape index (κ2) is 5.77. The van der Waals surface area contributed by atoms with Crippen molar-refractivity contribution in [1.82, 2.24) is 15.2 Å². The minimum Gasteiger partial charge on any atom is -0.326 e. The highest BCUT2D eigenvalue weighted by molar-refractivity contribution is 9.09. The van der Waals surface area contributed by atoms with E-state index in [2.05, 4.69) is 36.4 Å². The molecule has 6 heteroatoms. The van der Waals surface area contributed by atoms with Crippen LogP contribution in [-0.2, 0) is 4.79 Å². The molecule has 5 nitrogen and oxygen atoms in total. The van der Waals surface area contributed by atoms with E-state index < -0.39 is 0 Å². The van der Waals surface area contributed by atoms with Crippen molar-refractivity contribution < 1.29 is 4.79 Å². The quantitative estimate of drug-likeness (QED) is 0.853. The number of hydrogen-bond acceptors (Lipinski definition) is 3. The molecule has 0 aliphatic carbocycles. The third-order valence-corrected chi connectivity index (χ3v) is 2.72. The molecule has 0 saturated heterocycles. The Kier molecular flexibility index (Phi) is 4.09. The standard InChI is InChI=1S/C12H13BrN4O/c1-8-14-12(17-16-8)9-3-2-4-10(7-9)15-11(18)5-6-13/h2-4,7H,5-6H2,1H3,(H,15,18)(H,14,16,17). The van der Waals surface area contributed by atoms with Crippen molar-refractivity contribution >= 4 is 27.5 Å². The van der Waals surface area contributed by atoms with E-state index in [9.17, 15) is 4.79 Å². The molecule has 0 radical (unpaired) electrons. The van der Waals surface area contributed by atoms with E-state index in [-0.39, 0.29) is 5.91 Å². The molecule has 0 atom stereocenters. The lowest BCUT2D eigenvalue weighted by Gasteiger charge is -2.04. The molecule has 0 aliphatic heterocycles. The summed E-state index contributed by atoms with van der Waals surface area (Å²) < 4.78 is 0. The highest BCUT2D eigenvalue weighted by Crippen LogP contribution is 2.19. The van der Waals surface area contributed by atoms with E-state index in [1.165, 1.54) is 0 Å². The average molecular weight is 309 g/mol. The highest BCUT2D eigenvalue weighted by Gasteiger charge is 2.06. The zero-order valence-corrected chi connectivity index (χ0v) is 11.5. The molecule has 94 valence electrons. The first-order valence-electron chi connectivity index (χ1n) is 5.54. The fraction of sp³-hybridized carbons (Fsp3) is 0.250. The number of nitrogens with zero attached hydrogens (tertiary/aromatic N) is 2. The first-order valence-corrected chi connectivity index (χ1v) is 6.66. The molecule has 2 rings (SSSR count). The molecular formula is C12H13BrN4O. The van der Waals surface area contributed by atoms with Crippen LogP contribution in [0.4, 0.5) is 5.69 Å². The summed E-state index contributed by atoms with van der Waals surface area (Å²) in [5.41, 5.74) is 1.62. The number of rotatable bonds is 4. The number of carbonyl (C=O) groups excluding carboxylic acids is 1. The van der Waals surface area contributed by atoms with E-state index in [4.69, 9.17) is 0 Å². The van der Waals surface area contributed by atoms with Crippen LogP contribution < -0.4 is 5.32 Å². The smallest absolute Gasteiger partial charge is 0.225 e. The van der Waals surface area contributed by atoms with Gasteiger partial charge in [-0.15, -0.1) is 0 Å². The molecule has 1 aromatic carbocycles. The average Bonchev–Trinajstić information content (AvgIpc) is 2.76. The van der Waals surface area contributed by atoms with Gasteiger partial charge in [0, 0.05) is 23.0 Å². The predicted octanol–water partition coefficient (Wildman–Crippen LogP) is 2.50. The van der Waals surface area contributed by atoms with Gasteiger partial charge in [0.15, 0.2) is 5.82 Å². The molecule has 1 heterocycles. The summed E-state index contributed by atoms with van der Waals surface area (Å²) in [5.74, 6) is 1.37. The fourth-order valence-electron chi connectivity index (χ4n) is 1.52. The minimum atomic E-state index is -0.0183. The van der Waals surface area contributed by atoms with Crippen LogP contribution in [0.15, 0.2) is 24.3 Å². The Balaban J connectivity index is 2.17. The van der Waals surface area contributed by atoms with Gasteiger partial charge in [-0.3, -0.25) is 9.89 Å². The van der Waals surface area contributed by atoms with Crippen molar-refractivity contribution in [3.8, 4) is 11.4 Å². The van der Waals surface area contributed by atoms with E-state index >= 15 is 0 Å². The first-order chi connectivity index (χ1) is 8.69. The molecule has 0 unspecified atom stereocenters. The zero-order chi connectivity index (χ0) is 13.0. The fourth-order valence-corrected chi connectivity index (χ4v) is 1.88. The van der Waals surface area contributed by atoms with Crippen molar-refractivity contribution in [3.05, 3.63) is 30.1 Å². The Morgan fingerprint density at radius 2 is 2.33 bits per heavy atom. The van der Waals surface area contributed by atoms with Gasteiger partial charge in [-0.05, 0) is 19.1 Å². The Bertz CT molecular complexity index is 553. The molecule has 0 spiro atoms. The highest BCUT2D eigenvalue weighted by atomic mass is 79.9. The summed E-state index contributed by atoms with van der Waals surface area (Å²) in [6, 6.07) is 7.47. The summed E-state index contributed by atoms with van der Waals surface area (Å²) in [6.45, 7) is 1.85.